The fraction of sp³-hybridized carbons (Fsp3) is 0.400. The Kier molecular flexibility index (Phi) is 4.22. The zero-order valence-electron chi connectivity index (χ0n) is 11.5. The highest BCUT2D eigenvalue weighted by Crippen LogP contribution is 2.21. The zero-order chi connectivity index (χ0) is 13.7. The van der Waals surface area contributed by atoms with Crippen molar-refractivity contribution >= 4 is 5.69 Å². The first-order valence-electron chi connectivity index (χ1n) is 6.62. The number of anilines is 1. The van der Waals surface area contributed by atoms with Gasteiger partial charge in [0.2, 0.25) is 0 Å². The van der Waals surface area contributed by atoms with Gasteiger partial charge in [0.05, 0.1) is 12.3 Å². The molecule has 0 fully saturated rings. The summed E-state index contributed by atoms with van der Waals surface area (Å²) >= 11 is 0. The molecule has 0 saturated heterocycles. The highest BCUT2D eigenvalue weighted by Gasteiger charge is 2.20. The van der Waals surface area contributed by atoms with E-state index < -0.39 is 0 Å². The van der Waals surface area contributed by atoms with Gasteiger partial charge in [-0.3, -0.25) is 0 Å². The van der Waals surface area contributed by atoms with Crippen molar-refractivity contribution < 1.29 is 5.11 Å². The number of aromatic nitrogens is 2. The molecule has 1 heterocycles. The van der Waals surface area contributed by atoms with Crippen molar-refractivity contribution in [1.82, 2.24) is 9.78 Å². The van der Waals surface area contributed by atoms with Crippen LogP contribution in [0.5, 0.6) is 0 Å². The van der Waals surface area contributed by atoms with E-state index in [1.807, 2.05) is 41.2 Å². The van der Waals surface area contributed by atoms with Crippen molar-refractivity contribution in [2.45, 2.75) is 20.3 Å². The second kappa shape index (κ2) is 5.89. The number of rotatable bonds is 6. The lowest BCUT2D eigenvalue weighted by Crippen LogP contribution is -2.29. The first-order chi connectivity index (χ1) is 9.17. The lowest BCUT2D eigenvalue weighted by Gasteiger charge is -2.26. The van der Waals surface area contributed by atoms with Gasteiger partial charge in [-0.1, -0.05) is 13.8 Å². The normalized spacial score (nSPS) is 14.1. The van der Waals surface area contributed by atoms with Crippen LogP contribution >= 0.6 is 0 Å². The highest BCUT2D eigenvalue weighted by atomic mass is 16.3. The molecule has 2 rings (SSSR count). The van der Waals surface area contributed by atoms with Gasteiger partial charge < -0.3 is 10.4 Å². The Morgan fingerprint density at radius 1 is 1.32 bits per heavy atom. The van der Waals surface area contributed by atoms with E-state index in [2.05, 4.69) is 24.3 Å². The van der Waals surface area contributed by atoms with Crippen molar-refractivity contribution in [2.75, 3.05) is 18.5 Å². The Balaban J connectivity index is 2.00. The van der Waals surface area contributed by atoms with Crippen LogP contribution in [0.4, 0.5) is 5.69 Å². The number of aliphatic hydroxyl groups is 1. The molecule has 1 unspecified atom stereocenters. The molecule has 2 N–H and O–H groups in total. The van der Waals surface area contributed by atoms with Crippen LogP contribution in [0, 0.1) is 5.41 Å². The van der Waals surface area contributed by atoms with Crippen LogP contribution in [0.15, 0.2) is 42.7 Å². The van der Waals surface area contributed by atoms with Crippen LogP contribution in [0.3, 0.4) is 0 Å². The summed E-state index contributed by atoms with van der Waals surface area (Å²) in [5, 5.41) is 16.9. The number of aliphatic hydroxyl groups excluding tert-OH is 1. The third-order valence-electron chi connectivity index (χ3n) is 3.59. The minimum Gasteiger partial charge on any atom is -0.396 e. The van der Waals surface area contributed by atoms with Gasteiger partial charge in [0.1, 0.15) is 0 Å². The lowest BCUT2D eigenvalue weighted by molar-refractivity contribution is 0.149. The molecule has 0 aliphatic rings. The molecule has 1 aromatic carbocycles. The Hall–Kier alpha value is -1.81. The second-order valence-corrected chi connectivity index (χ2v) is 5.17. The van der Waals surface area contributed by atoms with Crippen molar-refractivity contribution in [1.29, 1.82) is 0 Å². The maximum absolute atomic E-state index is 9.38. The van der Waals surface area contributed by atoms with Crippen LogP contribution < -0.4 is 5.32 Å². The quantitative estimate of drug-likeness (QED) is 0.838. The molecule has 1 aromatic heterocycles. The Morgan fingerprint density at radius 2 is 2.05 bits per heavy atom. The maximum Gasteiger partial charge on any atom is 0.0647 e. The number of benzene rings is 1. The van der Waals surface area contributed by atoms with Gasteiger partial charge in [0.15, 0.2) is 0 Å². The molecular weight excluding hydrogens is 238 g/mol. The predicted molar refractivity (Wildman–Crippen MR) is 77.5 cm³/mol. The van der Waals surface area contributed by atoms with Gasteiger partial charge in [0, 0.05) is 30.0 Å². The summed E-state index contributed by atoms with van der Waals surface area (Å²) in [7, 11) is 0. The maximum atomic E-state index is 9.38. The summed E-state index contributed by atoms with van der Waals surface area (Å²) in [6.07, 6.45) is 4.63. The summed E-state index contributed by atoms with van der Waals surface area (Å²) in [5.74, 6) is 0. The largest absolute Gasteiger partial charge is 0.396 e. The van der Waals surface area contributed by atoms with Crippen molar-refractivity contribution in [3.8, 4) is 5.69 Å². The fourth-order valence-corrected chi connectivity index (χ4v) is 1.76. The summed E-state index contributed by atoms with van der Waals surface area (Å²) in [6, 6.07) is 10.0. The molecule has 0 radical (unpaired) electrons. The SMILES string of the molecule is CCC(C)(CO)CNc1ccc(-n2cccn2)cc1. The van der Waals surface area contributed by atoms with Crippen LogP contribution in [0.2, 0.25) is 0 Å². The van der Waals surface area contributed by atoms with E-state index in [-0.39, 0.29) is 12.0 Å². The molecule has 0 amide bonds. The average Bonchev–Trinajstić information content (AvgIpc) is 2.99. The van der Waals surface area contributed by atoms with Gasteiger partial charge in [-0.05, 0) is 36.8 Å². The molecule has 102 valence electrons. The van der Waals surface area contributed by atoms with E-state index in [1.165, 1.54) is 0 Å². The summed E-state index contributed by atoms with van der Waals surface area (Å²) in [5.41, 5.74) is 2.03. The molecule has 1 atom stereocenters. The lowest BCUT2D eigenvalue weighted by atomic mass is 9.88. The number of nitrogens with zero attached hydrogens (tertiary/aromatic N) is 2. The Bertz CT molecular complexity index is 487. The van der Waals surface area contributed by atoms with Crippen LogP contribution in [-0.2, 0) is 0 Å². The van der Waals surface area contributed by atoms with Gasteiger partial charge in [-0.25, -0.2) is 4.68 Å². The number of hydrogen-bond acceptors (Lipinski definition) is 3. The van der Waals surface area contributed by atoms with E-state index in [1.54, 1.807) is 6.20 Å². The molecule has 0 spiro atoms. The fourth-order valence-electron chi connectivity index (χ4n) is 1.76. The average molecular weight is 259 g/mol. The molecule has 0 bridgehead atoms. The van der Waals surface area contributed by atoms with Crippen LogP contribution in [0.25, 0.3) is 5.69 Å². The first kappa shape index (κ1) is 13.6. The first-order valence-corrected chi connectivity index (χ1v) is 6.62. The van der Waals surface area contributed by atoms with Crippen molar-refractivity contribution in [3.63, 3.8) is 0 Å². The number of nitrogens with one attached hydrogen (secondary N) is 1. The standard InChI is InChI=1S/C15H21N3O/c1-3-15(2,12-19)11-16-13-5-7-14(8-6-13)18-10-4-9-17-18/h4-10,16,19H,3,11-12H2,1-2H3. The predicted octanol–water partition coefficient (Wildman–Crippen LogP) is 2.69. The van der Waals surface area contributed by atoms with E-state index in [0.29, 0.717) is 0 Å². The molecule has 19 heavy (non-hydrogen) atoms. The summed E-state index contributed by atoms with van der Waals surface area (Å²) in [4.78, 5) is 0. The van der Waals surface area contributed by atoms with Crippen molar-refractivity contribution in [2.24, 2.45) is 5.41 Å². The zero-order valence-corrected chi connectivity index (χ0v) is 11.5. The third-order valence-corrected chi connectivity index (χ3v) is 3.59. The summed E-state index contributed by atoms with van der Waals surface area (Å²) < 4.78 is 1.83. The second-order valence-electron chi connectivity index (χ2n) is 5.17. The van der Waals surface area contributed by atoms with Gasteiger partial charge >= 0.3 is 0 Å². The van der Waals surface area contributed by atoms with Gasteiger partial charge in [0.25, 0.3) is 0 Å². The van der Waals surface area contributed by atoms with E-state index in [0.717, 1.165) is 24.3 Å². The molecule has 0 aliphatic heterocycles. The van der Waals surface area contributed by atoms with Crippen molar-refractivity contribution in [3.05, 3.63) is 42.7 Å². The molecule has 0 saturated carbocycles. The minimum absolute atomic E-state index is 0.0688. The van der Waals surface area contributed by atoms with Crippen LogP contribution in [-0.4, -0.2) is 28.0 Å². The minimum atomic E-state index is -0.0688. The molecule has 2 aromatic rings. The topological polar surface area (TPSA) is 50.1 Å². The van der Waals surface area contributed by atoms with E-state index in [9.17, 15) is 5.11 Å². The Morgan fingerprint density at radius 3 is 2.58 bits per heavy atom. The molecule has 4 heteroatoms. The van der Waals surface area contributed by atoms with Gasteiger partial charge in [-0.15, -0.1) is 0 Å². The molecule has 4 nitrogen and oxygen atoms in total. The highest BCUT2D eigenvalue weighted by molar-refractivity contribution is 5.48. The van der Waals surface area contributed by atoms with Gasteiger partial charge in [-0.2, -0.15) is 5.10 Å². The molecule has 0 aliphatic carbocycles. The van der Waals surface area contributed by atoms with Crippen LogP contribution in [0.1, 0.15) is 20.3 Å². The smallest absolute Gasteiger partial charge is 0.0647 e. The van der Waals surface area contributed by atoms with E-state index in [4.69, 9.17) is 0 Å². The summed E-state index contributed by atoms with van der Waals surface area (Å²) in [6.45, 7) is 5.14. The monoisotopic (exact) mass is 259 g/mol. The van der Waals surface area contributed by atoms with E-state index >= 15 is 0 Å². The number of hydrogen-bond donors (Lipinski definition) is 2. The molecular formula is C15H21N3O. The Labute approximate surface area is 114 Å². The third kappa shape index (κ3) is 3.35.